The molecule has 0 N–H and O–H groups in total. The molecule has 1 heterocycles. The third-order valence-corrected chi connectivity index (χ3v) is 6.26. The summed E-state index contributed by atoms with van der Waals surface area (Å²) >= 11 is 0. The summed E-state index contributed by atoms with van der Waals surface area (Å²) < 4.78 is 23.5. The molecule has 5 nitrogen and oxygen atoms in total. The van der Waals surface area contributed by atoms with E-state index < -0.39 is 9.84 Å². The highest BCUT2D eigenvalue weighted by atomic mass is 32.2. The standard InChI is InChI=1S/C17H26N2O3S/c1-12(2)18(5)16-7-6-13(3)10-15(16)17(20)19-8-9-23(21,22)11-14(19)4/h6-7,10,12,14H,8-9,11H2,1-5H3. The first-order valence-corrected chi connectivity index (χ1v) is 9.79. The zero-order valence-electron chi connectivity index (χ0n) is 14.5. The highest BCUT2D eigenvalue weighted by Crippen LogP contribution is 2.26. The molecule has 0 radical (unpaired) electrons. The van der Waals surface area contributed by atoms with E-state index in [0.717, 1.165) is 11.3 Å². The van der Waals surface area contributed by atoms with Crippen molar-refractivity contribution in [3.05, 3.63) is 29.3 Å². The number of hydrogen-bond donors (Lipinski definition) is 0. The molecule has 1 aromatic carbocycles. The molecular weight excluding hydrogens is 312 g/mol. The molecular formula is C17H26N2O3S. The van der Waals surface area contributed by atoms with Gasteiger partial charge in [-0.1, -0.05) is 11.6 Å². The van der Waals surface area contributed by atoms with E-state index >= 15 is 0 Å². The van der Waals surface area contributed by atoms with E-state index in [9.17, 15) is 13.2 Å². The van der Waals surface area contributed by atoms with Crippen molar-refractivity contribution in [3.63, 3.8) is 0 Å². The predicted molar refractivity (Wildman–Crippen MR) is 93.9 cm³/mol. The minimum Gasteiger partial charge on any atom is -0.372 e. The second kappa shape index (κ2) is 6.51. The number of sulfone groups is 1. The van der Waals surface area contributed by atoms with Crippen molar-refractivity contribution in [2.75, 3.05) is 30.0 Å². The van der Waals surface area contributed by atoms with Crippen molar-refractivity contribution >= 4 is 21.4 Å². The van der Waals surface area contributed by atoms with Crippen LogP contribution in [0.4, 0.5) is 5.69 Å². The third-order valence-electron chi connectivity index (χ3n) is 4.47. The molecule has 1 aromatic rings. The Morgan fingerprint density at radius 1 is 1.35 bits per heavy atom. The number of amides is 1. The first-order valence-electron chi connectivity index (χ1n) is 7.97. The quantitative estimate of drug-likeness (QED) is 0.847. The van der Waals surface area contributed by atoms with Gasteiger partial charge in [0.25, 0.3) is 5.91 Å². The molecule has 0 spiro atoms. The number of carbonyl (C=O) groups is 1. The molecule has 1 amide bonds. The fourth-order valence-electron chi connectivity index (χ4n) is 2.86. The summed E-state index contributed by atoms with van der Waals surface area (Å²) in [6.07, 6.45) is 0. The van der Waals surface area contributed by atoms with E-state index in [1.807, 2.05) is 32.2 Å². The predicted octanol–water partition coefficient (Wildman–Crippen LogP) is 2.10. The highest BCUT2D eigenvalue weighted by molar-refractivity contribution is 7.91. The lowest BCUT2D eigenvalue weighted by Crippen LogP contribution is -2.50. The van der Waals surface area contributed by atoms with E-state index in [0.29, 0.717) is 5.56 Å². The Kier molecular flexibility index (Phi) is 5.04. The van der Waals surface area contributed by atoms with Crippen LogP contribution in [0, 0.1) is 6.92 Å². The fourth-order valence-corrected chi connectivity index (χ4v) is 4.42. The minimum absolute atomic E-state index is 0.0416. The molecule has 6 heteroatoms. The molecule has 1 aliphatic rings. The number of aryl methyl sites for hydroxylation is 1. The number of hydrogen-bond acceptors (Lipinski definition) is 4. The Hall–Kier alpha value is -1.56. The Morgan fingerprint density at radius 2 is 2.00 bits per heavy atom. The van der Waals surface area contributed by atoms with Crippen molar-refractivity contribution in [2.45, 2.75) is 39.8 Å². The lowest BCUT2D eigenvalue weighted by Gasteiger charge is -2.35. The van der Waals surface area contributed by atoms with E-state index in [-0.39, 0.29) is 36.0 Å². The Balaban J connectivity index is 2.37. The second-order valence-electron chi connectivity index (χ2n) is 6.69. The van der Waals surface area contributed by atoms with Crippen molar-refractivity contribution in [1.29, 1.82) is 0 Å². The smallest absolute Gasteiger partial charge is 0.256 e. The molecule has 0 bridgehead atoms. The largest absolute Gasteiger partial charge is 0.372 e. The van der Waals surface area contributed by atoms with Gasteiger partial charge >= 0.3 is 0 Å². The summed E-state index contributed by atoms with van der Waals surface area (Å²) in [4.78, 5) is 16.8. The van der Waals surface area contributed by atoms with Crippen LogP contribution < -0.4 is 4.90 Å². The number of rotatable bonds is 3. The van der Waals surface area contributed by atoms with Gasteiger partial charge in [0.05, 0.1) is 17.1 Å². The third kappa shape index (κ3) is 3.86. The van der Waals surface area contributed by atoms with Gasteiger partial charge in [-0.3, -0.25) is 4.79 Å². The molecule has 1 fully saturated rings. The molecule has 23 heavy (non-hydrogen) atoms. The van der Waals surface area contributed by atoms with Crippen LogP contribution in [0.2, 0.25) is 0 Å². The summed E-state index contributed by atoms with van der Waals surface area (Å²) in [6, 6.07) is 5.83. The van der Waals surface area contributed by atoms with Crippen LogP contribution >= 0.6 is 0 Å². The fraction of sp³-hybridized carbons (Fsp3) is 0.588. The lowest BCUT2D eigenvalue weighted by atomic mass is 10.1. The van der Waals surface area contributed by atoms with Gasteiger partial charge in [-0.15, -0.1) is 0 Å². The summed E-state index contributed by atoms with van der Waals surface area (Å²) in [6.45, 7) is 8.17. The topological polar surface area (TPSA) is 57.7 Å². The van der Waals surface area contributed by atoms with E-state index in [4.69, 9.17) is 0 Å². The molecule has 128 valence electrons. The Morgan fingerprint density at radius 3 is 2.57 bits per heavy atom. The zero-order chi connectivity index (χ0) is 17.4. The van der Waals surface area contributed by atoms with Crippen molar-refractivity contribution in [2.24, 2.45) is 0 Å². The summed E-state index contributed by atoms with van der Waals surface area (Å²) in [5.74, 6) is 0.00283. The number of nitrogens with zero attached hydrogens (tertiary/aromatic N) is 2. The molecule has 1 unspecified atom stereocenters. The maximum atomic E-state index is 13.0. The van der Waals surface area contributed by atoms with Crippen LogP contribution in [-0.4, -0.2) is 56.4 Å². The molecule has 0 aromatic heterocycles. The first-order chi connectivity index (χ1) is 10.6. The molecule has 0 saturated carbocycles. The van der Waals surface area contributed by atoms with Crippen LogP contribution in [-0.2, 0) is 9.84 Å². The van der Waals surface area contributed by atoms with Crippen LogP contribution in [0.5, 0.6) is 0 Å². The molecule has 1 saturated heterocycles. The summed E-state index contributed by atoms with van der Waals surface area (Å²) in [5.41, 5.74) is 2.55. The van der Waals surface area contributed by atoms with Gasteiger partial charge in [0, 0.05) is 31.4 Å². The lowest BCUT2D eigenvalue weighted by molar-refractivity contribution is 0.0713. The average Bonchev–Trinajstić information content (AvgIpc) is 2.44. The van der Waals surface area contributed by atoms with Crippen LogP contribution in [0.3, 0.4) is 0 Å². The highest BCUT2D eigenvalue weighted by Gasteiger charge is 2.33. The molecule has 1 atom stereocenters. The van der Waals surface area contributed by atoms with Gasteiger partial charge in [0.1, 0.15) is 0 Å². The number of anilines is 1. The SMILES string of the molecule is Cc1ccc(N(C)C(C)C)c(C(=O)N2CCS(=O)(=O)CC2C)c1. The van der Waals surface area contributed by atoms with Crippen LogP contribution in [0.15, 0.2) is 18.2 Å². The minimum atomic E-state index is -3.03. The number of benzene rings is 1. The van der Waals surface area contributed by atoms with Crippen molar-refractivity contribution in [1.82, 2.24) is 4.90 Å². The summed E-state index contributed by atoms with van der Waals surface area (Å²) in [5, 5.41) is 0. The van der Waals surface area contributed by atoms with Crippen LogP contribution in [0.25, 0.3) is 0 Å². The molecule has 1 aliphatic heterocycles. The monoisotopic (exact) mass is 338 g/mol. The van der Waals surface area contributed by atoms with Crippen molar-refractivity contribution in [3.8, 4) is 0 Å². The number of carbonyl (C=O) groups excluding carboxylic acids is 1. The Bertz CT molecular complexity index is 698. The Labute approximate surface area is 139 Å². The normalized spacial score (nSPS) is 20.6. The van der Waals surface area contributed by atoms with Gasteiger partial charge in [-0.05, 0) is 39.8 Å². The van der Waals surface area contributed by atoms with E-state index in [1.165, 1.54) is 0 Å². The van der Waals surface area contributed by atoms with Crippen molar-refractivity contribution < 1.29 is 13.2 Å². The van der Waals surface area contributed by atoms with Gasteiger partial charge in [-0.2, -0.15) is 0 Å². The zero-order valence-corrected chi connectivity index (χ0v) is 15.4. The summed E-state index contributed by atoms with van der Waals surface area (Å²) in [7, 11) is -1.06. The molecule has 2 rings (SSSR count). The average molecular weight is 338 g/mol. The maximum absolute atomic E-state index is 13.0. The molecule has 0 aliphatic carbocycles. The van der Waals surface area contributed by atoms with E-state index in [2.05, 4.69) is 18.7 Å². The second-order valence-corrected chi connectivity index (χ2v) is 8.92. The van der Waals surface area contributed by atoms with Gasteiger partial charge in [0.2, 0.25) is 0 Å². The first kappa shape index (κ1) is 17.8. The van der Waals surface area contributed by atoms with Gasteiger partial charge in [0.15, 0.2) is 9.84 Å². The van der Waals surface area contributed by atoms with E-state index in [1.54, 1.807) is 11.8 Å². The van der Waals surface area contributed by atoms with Gasteiger partial charge < -0.3 is 9.80 Å². The van der Waals surface area contributed by atoms with Gasteiger partial charge in [-0.25, -0.2) is 8.42 Å². The maximum Gasteiger partial charge on any atom is 0.256 e. The van der Waals surface area contributed by atoms with Crippen LogP contribution in [0.1, 0.15) is 36.7 Å².